The summed E-state index contributed by atoms with van der Waals surface area (Å²) in [6, 6.07) is 7.81. The Morgan fingerprint density at radius 3 is 2.64 bits per heavy atom. The molecule has 2 nitrogen and oxygen atoms in total. The van der Waals surface area contributed by atoms with Crippen molar-refractivity contribution in [1.82, 2.24) is 4.90 Å². The van der Waals surface area contributed by atoms with E-state index in [0.717, 1.165) is 37.1 Å². The fraction of sp³-hybridized carbons (Fsp3) is 0.417. The van der Waals surface area contributed by atoms with E-state index in [4.69, 9.17) is 0 Å². The lowest BCUT2D eigenvalue weighted by molar-refractivity contribution is 0.0792. The highest BCUT2D eigenvalue weighted by atomic mass is 16.2. The molecule has 74 valence electrons. The zero-order valence-corrected chi connectivity index (χ0v) is 8.49. The number of carbonyl (C=O) groups excluding carboxylic acids is 1. The molecule has 0 N–H and O–H groups in total. The lowest BCUT2D eigenvalue weighted by Crippen LogP contribution is -2.27. The van der Waals surface area contributed by atoms with Crippen molar-refractivity contribution in [3.8, 4) is 0 Å². The molecule has 1 aromatic rings. The van der Waals surface area contributed by atoms with Gasteiger partial charge in [-0.05, 0) is 31.9 Å². The lowest BCUT2D eigenvalue weighted by atomic mass is 10.1. The molecule has 14 heavy (non-hydrogen) atoms. The maximum atomic E-state index is 11.9. The number of carbonyl (C=O) groups is 1. The van der Waals surface area contributed by atoms with Gasteiger partial charge in [0.15, 0.2) is 0 Å². The van der Waals surface area contributed by atoms with Gasteiger partial charge < -0.3 is 4.90 Å². The minimum absolute atomic E-state index is 0.186. The van der Waals surface area contributed by atoms with E-state index < -0.39 is 0 Å². The number of hydrogen-bond donors (Lipinski definition) is 0. The smallest absolute Gasteiger partial charge is 0.253 e. The van der Waals surface area contributed by atoms with Gasteiger partial charge in [-0.3, -0.25) is 4.79 Å². The first-order valence-electron chi connectivity index (χ1n) is 5.13. The van der Waals surface area contributed by atoms with E-state index in [2.05, 4.69) is 0 Å². The molecule has 1 aromatic carbocycles. The summed E-state index contributed by atoms with van der Waals surface area (Å²) < 4.78 is 0. The molecular weight excluding hydrogens is 174 g/mol. The van der Waals surface area contributed by atoms with Crippen molar-refractivity contribution < 1.29 is 4.79 Å². The van der Waals surface area contributed by atoms with Crippen molar-refractivity contribution in [2.24, 2.45) is 0 Å². The van der Waals surface area contributed by atoms with Crippen LogP contribution in [0.5, 0.6) is 0 Å². The Bertz CT molecular complexity index is 340. The highest BCUT2D eigenvalue weighted by molar-refractivity contribution is 5.94. The standard InChI is InChI=1S/C12H15NO/c1-10-5-4-6-11(9-10)12(14)13-7-2-3-8-13/h4-6,9H,2-3,7-8H2,1H3. The van der Waals surface area contributed by atoms with Crippen LogP contribution in [0.15, 0.2) is 24.3 Å². The van der Waals surface area contributed by atoms with Gasteiger partial charge in [-0.15, -0.1) is 0 Å². The summed E-state index contributed by atoms with van der Waals surface area (Å²) in [7, 11) is 0. The van der Waals surface area contributed by atoms with Crippen molar-refractivity contribution in [3.05, 3.63) is 35.4 Å². The van der Waals surface area contributed by atoms with Crippen LogP contribution in [0, 0.1) is 6.92 Å². The molecule has 0 unspecified atom stereocenters. The first kappa shape index (κ1) is 9.25. The van der Waals surface area contributed by atoms with E-state index in [1.807, 2.05) is 36.1 Å². The van der Waals surface area contributed by atoms with Gasteiger partial charge in [0, 0.05) is 18.7 Å². The van der Waals surface area contributed by atoms with Gasteiger partial charge in [-0.2, -0.15) is 0 Å². The Morgan fingerprint density at radius 2 is 2.00 bits per heavy atom. The van der Waals surface area contributed by atoms with Crippen LogP contribution in [0.1, 0.15) is 28.8 Å². The third kappa shape index (κ3) is 1.79. The van der Waals surface area contributed by atoms with E-state index in [9.17, 15) is 4.79 Å². The molecule has 1 fully saturated rings. The number of rotatable bonds is 1. The second-order valence-corrected chi connectivity index (χ2v) is 3.87. The molecule has 1 heterocycles. The van der Waals surface area contributed by atoms with Gasteiger partial charge >= 0.3 is 0 Å². The number of benzene rings is 1. The summed E-state index contributed by atoms with van der Waals surface area (Å²) in [4.78, 5) is 13.9. The molecule has 1 aliphatic rings. The van der Waals surface area contributed by atoms with E-state index >= 15 is 0 Å². The molecule has 0 saturated carbocycles. The predicted molar refractivity (Wildman–Crippen MR) is 56.3 cm³/mol. The molecule has 0 atom stereocenters. The van der Waals surface area contributed by atoms with Gasteiger partial charge in [0.2, 0.25) is 0 Å². The predicted octanol–water partition coefficient (Wildman–Crippen LogP) is 2.23. The van der Waals surface area contributed by atoms with E-state index in [1.54, 1.807) is 0 Å². The number of hydrogen-bond acceptors (Lipinski definition) is 1. The van der Waals surface area contributed by atoms with Crippen LogP contribution in [0.3, 0.4) is 0 Å². The van der Waals surface area contributed by atoms with Crippen molar-refractivity contribution in [2.75, 3.05) is 13.1 Å². The van der Waals surface area contributed by atoms with Crippen LogP contribution in [-0.4, -0.2) is 23.9 Å². The van der Waals surface area contributed by atoms with Crippen LogP contribution < -0.4 is 0 Å². The molecule has 0 aromatic heterocycles. The average Bonchev–Trinajstić information content (AvgIpc) is 2.69. The number of likely N-dealkylation sites (tertiary alicyclic amines) is 1. The van der Waals surface area contributed by atoms with Gasteiger partial charge in [-0.1, -0.05) is 17.7 Å². The van der Waals surface area contributed by atoms with Crippen LogP contribution in [-0.2, 0) is 0 Å². The molecular formula is C12H15NO. The maximum Gasteiger partial charge on any atom is 0.253 e. The summed E-state index contributed by atoms with van der Waals surface area (Å²) in [5, 5.41) is 0. The largest absolute Gasteiger partial charge is 0.339 e. The highest BCUT2D eigenvalue weighted by Crippen LogP contribution is 2.13. The summed E-state index contributed by atoms with van der Waals surface area (Å²) in [6.07, 6.45) is 2.30. The van der Waals surface area contributed by atoms with Crippen LogP contribution in [0.4, 0.5) is 0 Å². The monoisotopic (exact) mass is 189 g/mol. The molecule has 2 heteroatoms. The number of nitrogens with zero attached hydrogens (tertiary/aromatic N) is 1. The first-order valence-corrected chi connectivity index (χ1v) is 5.13. The summed E-state index contributed by atoms with van der Waals surface area (Å²) in [6.45, 7) is 3.86. The summed E-state index contributed by atoms with van der Waals surface area (Å²) in [5.74, 6) is 0.186. The third-order valence-corrected chi connectivity index (χ3v) is 2.66. The van der Waals surface area contributed by atoms with Crippen molar-refractivity contribution in [2.45, 2.75) is 19.8 Å². The summed E-state index contributed by atoms with van der Waals surface area (Å²) in [5.41, 5.74) is 1.97. The first-order chi connectivity index (χ1) is 6.77. The molecule has 1 saturated heterocycles. The second-order valence-electron chi connectivity index (χ2n) is 3.87. The van der Waals surface area contributed by atoms with Gasteiger partial charge in [0.1, 0.15) is 0 Å². The molecule has 0 radical (unpaired) electrons. The molecule has 1 amide bonds. The Kier molecular flexibility index (Phi) is 2.53. The van der Waals surface area contributed by atoms with E-state index in [-0.39, 0.29) is 5.91 Å². The molecule has 1 aliphatic heterocycles. The fourth-order valence-corrected chi connectivity index (χ4v) is 1.88. The van der Waals surface area contributed by atoms with E-state index in [1.165, 1.54) is 0 Å². The lowest BCUT2D eigenvalue weighted by Gasteiger charge is -2.15. The Balaban J connectivity index is 2.17. The minimum Gasteiger partial charge on any atom is -0.339 e. The van der Waals surface area contributed by atoms with E-state index in [0.29, 0.717) is 0 Å². The van der Waals surface area contributed by atoms with Gasteiger partial charge in [-0.25, -0.2) is 0 Å². The summed E-state index contributed by atoms with van der Waals surface area (Å²) >= 11 is 0. The molecule has 0 aliphatic carbocycles. The quantitative estimate of drug-likeness (QED) is 0.663. The average molecular weight is 189 g/mol. The SMILES string of the molecule is Cc1cccc(C(=O)N2CCCC2)c1. The van der Waals surface area contributed by atoms with Crippen LogP contribution in [0.25, 0.3) is 0 Å². The third-order valence-electron chi connectivity index (χ3n) is 2.66. The molecule has 0 spiro atoms. The topological polar surface area (TPSA) is 20.3 Å². The Hall–Kier alpha value is -1.31. The van der Waals surface area contributed by atoms with Crippen molar-refractivity contribution in [3.63, 3.8) is 0 Å². The van der Waals surface area contributed by atoms with Gasteiger partial charge in [0.05, 0.1) is 0 Å². The number of aryl methyl sites for hydroxylation is 1. The highest BCUT2D eigenvalue weighted by Gasteiger charge is 2.18. The van der Waals surface area contributed by atoms with Crippen LogP contribution in [0.2, 0.25) is 0 Å². The number of amides is 1. The van der Waals surface area contributed by atoms with Crippen molar-refractivity contribution >= 4 is 5.91 Å². The second kappa shape index (κ2) is 3.82. The van der Waals surface area contributed by atoms with Gasteiger partial charge in [0.25, 0.3) is 5.91 Å². The molecule has 2 rings (SSSR count). The van der Waals surface area contributed by atoms with Crippen LogP contribution >= 0.6 is 0 Å². The zero-order valence-electron chi connectivity index (χ0n) is 8.49. The molecule has 0 bridgehead atoms. The Morgan fingerprint density at radius 1 is 1.29 bits per heavy atom. The van der Waals surface area contributed by atoms with Crippen molar-refractivity contribution in [1.29, 1.82) is 0 Å². The normalized spacial score (nSPS) is 15.9. The minimum atomic E-state index is 0.186. The maximum absolute atomic E-state index is 11.9. The fourth-order valence-electron chi connectivity index (χ4n) is 1.88. The zero-order chi connectivity index (χ0) is 9.97. The Labute approximate surface area is 84.5 Å².